The SMILES string of the molecule is COc1cc(-c2nc(Cl)c(C(C)C)c(Cl)n2)ccc1F. The molecule has 0 amide bonds. The molecule has 0 aliphatic heterocycles. The van der Waals surface area contributed by atoms with Gasteiger partial charge in [0, 0.05) is 11.1 Å². The van der Waals surface area contributed by atoms with Gasteiger partial charge in [0.05, 0.1) is 7.11 Å². The highest BCUT2D eigenvalue weighted by molar-refractivity contribution is 6.34. The molecule has 0 N–H and O–H groups in total. The van der Waals surface area contributed by atoms with Crippen LogP contribution in [0.15, 0.2) is 18.2 Å². The lowest BCUT2D eigenvalue weighted by Gasteiger charge is -2.11. The number of rotatable bonds is 3. The summed E-state index contributed by atoms with van der Waals surface area (Å²) in [6.07, 6.45) is 0. The molecule has 6 heteroatoms. The van der Waals surface area contributed by atoms with E-state index in [9.17, 15) is 4.39 Å². The molecular weight excluding hydrogens is 302 g/mol. The average molecular weight is 315 g/mol. The molecule has 0 aliphatic rings. The van der Waals surface area contributed by atoms with Crippen LogP contribution in [0, 0.1) is 5.82 Å². The second-order valence-corrected chi connectivity index (χ2v) is 5.26. The molecule has 0 fully saturated rings. The maximum Gasteiger partial charge on any atom is 0.165 e. The summed E-state index contributed by atoms with van der Waals surface area (Å²) in [5.41, 5.74) is 1.29. The van der Waals surface area contributed by atoms with E-state index >= 15 is 0 Å². The summed E-state index contributed by atoms with van der Waals surface area (Å²) in [6.45, 7) is 3.91. The fourth-order valence-corrected chi connectivity index (χ4v) is 2.64. The predicted octanol–water partition coefficient (Wildman–Crippen LogP) is 4.72. The van der Waals surface area contributed by atoms with Crippen molar-refractivity contribution in [2.24, 2.45) is 0 Å². The van der Waals surface area contributed by atoms with Gasteiger partial charge in [-0.3, -0.25) is 0 Å². The predicted molar refractivity (Wildman–Crippen MR) is 78.1 cm³/mol. The van der Waals surface area contributed by atoms with Crippen LogP contribution < -0.4 is 4.74 Å². The van der Waals surface area contributed by atoms with Crippen molar-refractivity contribution in [3.05, 3.63) is 39.9 Å². The molecule has 0 saturated carbocycles. The first-order valence-corrected chi connectivity index (χ1v) is 6.76. The minimum absolute atomic E-state index is 0.117. The smallest absolute Gasteiger partial charge is 0.165 e. The largest absolute Gasteiger partial charge is 0.494 e. The maximum absolute atomic E-state index is 13.4. The summed E-state index contributed by atoms with van der Waals surface area (Å²) >= 11 is 12.3. The van der Waals surface area contributed by atoms with Gasteiger partial charge >= 0.3 is 0 Å². The monoisotopic (exact) mass is 314 g/mol. The highest BCUT2D eigenvalue weighted by Gasteiger charge is 2.16. The Morgan fingerprint density at radius 3 is 2.25 bits per heavy atom. The van der Waals surface area contributed by atoms with E-state index in [1.54, 1.807) is 6.07 Å². The van der Waals surface area contributed by atoms with E-state index in [-0.39, 0.29) is 11.7 Å². The van der Waals surface area contributed by atoms with Crippen molar-refractivity contribution < 1.29 is 9.13 Å². The van der Waals surface area contributed by atoms with E-state index in [0.29, 0.717) is 27.3 Å². The maximum atomic E-state index is 13.4. The van der Waals surface area contributed by atoms with Crippen molar-refractivity contribution in [3.8, 4) is 17.1 Å². The summed E-state index contributed by atoms with van der Waals surface area (Å²) < 4.78 is 18.3. The van der Waals surface area contributed by atoms with Crippen molar-refractivity contribution in [2.75, 3.05) is 7.11 Å². The molecule has 2 aromatic rings. The van der Waals surface area contributed by atoms with Gasteiger partial charge in [0.15, 0.2) is 17.4 Å². The number of ether oxygens (including phenoxy) is 1. The van der Waals surface area contributed by atoms with Gasteiger partial charge in [-0.05, 0) is 24.1 Å². The Kier molecular flexibility index (Phi) is 4.45. The minimum Gasteiger partial charge on any atom is -0.494 e. The summed E-state index contributed by atoms with van der Waals surface area (Å²) in [6, 6.07) is 4.34. The van der Waals surface area contributed by atoms with E-state index in [4.69, 9.17) is 27.9 Å². The molecule has 0 bridgehead atoms. The highest BCUT2D eigenvalue weighted by atomic mass is 35.5. The van der Waals surface area contributed by atoms with E-state index in [1.165, 1.54) is 19.2 Å². The Balaban J connectivity index is 2.54. The molecular formula is C14H13Cl2FN2O. The first-order chi connectivity index (χ1) is 9.43. The molecule has 0 atom stereocenters. The van der Waals surface area contributed by atoms with E-state index in [0.717, 1.165) is 0 Å². The van der Waals surface area contributed by atoms with Crippen LogP contribution in [0.2, 0.25) is 10.3 Å². The number of hydrogen-bond donors (Lipinski definition) is 0. The zero-order valence-corrected chi connectivity index (χ0v) is 12.8. The number of benzene rings is 1. The Hall–Kier alpha value is -1.39. The van der Waals surface area contributed by atoms with Crippen LogP contribution in [0.1, 0.15) is 25.3 Å². The third kappa shape index (κ3) is 2.86. The lowest BCUT2D eigenvalue weighted by atomic mass is 10.1. The van der Waals surface area contributed by atoms with E-state index in [1.807, 2.05) is 13.8 Å². The number of methoxy groups -OCH3 is 1. The minimum atomic E-state index is -0.452. The molecule has 0 radical (unpaired) electrons. The van der Waals surface area contributed by atoms with Crippen molar-refractivity contribution >= 4 is 23.2 Å². The van der Waals surface area contributed by atoms with Gasteiger partial charge in [0.25, 0.3) is 0 Å². The molecule has 20 heavy (non-hydrogen) atoms. The van der Waals surface area contributed by atoms with E-state index in [2.05, 4.69) is 9.97 Å². The fraction of sp³-hybridized carbons (Fsp3) is 0.286. The van der Waals surface area contributed by atoms with Gasteiger partial charge in [0.2, 0.25) is 0 Å². The topological polar surface area (TPSA) is 35.0 Å². The molecule has 0 unspecified atom stereocenters. The van der Waals surface area contributed by atoms with Crippen LogP contribution in [-0.4, -0.2) is 17.1 Å². The number of halogens is 3. The molecule has 1 heterocycles. The first kappa shape index (κ1) is 15.0. The van der Waals surface area contributed by atoms with Gasteiger partial charge < -0.3 is 4.74 Å². The van der Waals surface area contributed by atoms with Crippen LogP contribution in [0.5, 0.6) is 5.75 Å². The van der Waals surface area contributed by atoms with Gasteiger partial charge in [0.1, 0.15) is 10.3 Å². The zero-order valence-electron chi connectivity index (χ0n) is 11.2. The van der Waals surface area contributed by atoms with Gasteiger partial charge in [-0.15, -0.1) is 0 Å². The number of nitrogens with zero attached hydrogens (tertiary/aromatic N) is 2. The molecule has 106 valence electrons. The fourth-order valence-electron chi connectivity index (χ4n) is 1.82. The zero-order chi connectivity index (χ0) is 14.9. The van der Waals surface area contributed by atoms with Crippen molar-refractivity contribution in [1.29, 1.82) is 0 Å². The number of aromatic nitrogens is 2. The number of hydrogen-bond acceptors (Lipinski definition) is 3. The lowest BCUT2D eigenvalue weighted by molar-refractivity contribution is 0.387. The lowest BCUT2D eigenvalue weighted by Crippen LogP contribution is -2.00. The van der Waals surface area contributed by atoms with Crippen LogP contribution in [0.25, 0.3) is 11.4 Å². The molecule has 0 saturated heterocycles. The standard InChI is InChI=1S/C14H13Cl2FN2O/c1-7(2)11-12(15)18-14(19-13(11)16)8-4-5-9(17)10(6-8)20-3/h4-7H,1-3H3. The third-order valence-corrected chi connectivity index (χ3v) is 3.42. The van der Waals surface area contributed by atoms with Crippen LogP contribution in [-0.2, 0) is 0 Å². The Bertz CT molecular complexity index is 624. The first-order valence-electron chi connectivity index (χ1n) is 6.01. The molecule has 1 aromatic heterocycles. The highest BCUT2D eigenvalue weighted by Crippen LogP contribution is 2.32. The van der Waals surface area contributed by atoms with Crippen LogP contribution >= 0.6 is 23.2 Å². The van der Waals surface area contributed by atoms with Crippen molar-refractivity contribution in [1.82, 2.24) is 9.97 Å². The summed E-state index contributed by atoms with van der Waals surface area (Å²) in [7, 11) is 1.39. The van der Waals surface area contributed by atoms with Gasteiger partial charge in [-0.1, -0.05) is 37.0 Å². The Morgan fingerprint density at radius 1 is 1.15 bits per heavy atom. The second kappa shape index (κ2) is 5.94. The summed E-state index contributed by atoms with van der Waals surface area (Å²) in [5.74, 6) is 0.119. The Morgan fingerprint density at radius 2 is 1.75 bits per heavy atom. The van der Waals surface area contributed by atoms with Gasteiger partial charge in [-0.2, -0.15) is 0 Å². The quantitative estimate of drug-likeness (QED) is 0.769. The third-order valence-electron chi connectivity index (χ3n) is 2.84. The van der Waals surface area contributed by atoms with Crippen molar-refractivity contribution in [2.45, 2.75) is 19.8 Å². The molecule has 3 nitrogen and oxygen atoms in total. The molecule has 2 rings (SSSR count). The van der Waals surface area contributed by atoms with E-state index < -0.39 is 5.82 Å². The molecule has 0 spiro atoms. The van der Waals surface area contributed by atoms with Gasteiger partial charge in [-0.25, -0.2) is 14.4 Å². The molecule has 0 aliphatic carbocycles. The average Bonchev–Trinajstić information content (AvgIpc) is 2.37. The van der Waals surface area contributed by atoms with Crippen LogP contribution in [0.4, 0.5) is 4.39 Å². The normalized spacial score (nSPS) is 10.9. The Labute approximate surface area is 126 Å². The molecule has 1 aromatic carbocycles. The van der Waals surface area contributed by atoms with Crippen molar-refractivity contribution in [3.63, 3.8) is 0 Å². The van der Waals surface area contributed by atoms with Crippen LogP contribution in [0.3, 0.4) is 0 Å². The second-order valence-electron chi connectivity index (χ2n) is 4.55. The summed E-state index contributed by atoms with van der Waals surface area (Å²) in [5, 5.41) is 0.608. The summed E-state index contributed by atoms with van der Waals surface area (Å²) in [4.78, 5) is 8.44.